The minimum absolute atomic E-state index is 0.198. The van der Waals surface area contributed by atoms with E-state index in [0.29, 0.717) is 19.1 Å². The average Bonchev–Trinajstić information content (AvgIpc) is 2.23. The van der Waals surface area contributed by atoms with E-state index in [-0.39, 0.29) is 12.5 Å². The largest absolute Gasteiger partial charge is 0.459 e. The number of hydrogen-bond acceptors (Lipinski definition) is 4. The molecule has 1 unspecified atom stereocenters. The van der Waals surface area contributed by atoms with Crippen LogP contribution in [0.2, 0.25) is 0 Å². The molecule has 0 aromatic rings. The Hall–Kier alpha value is -1.10. The maximum absolute atomic E-state index is 11.2. The van der Waals surface area contributed by atoms with E-state index in [1.165, 1.54) is 0 Å². The van der Waals surface area contributed by atoms with Gasteiger partial charge in [0.1, 0.15) is 0 Å². The Morgan fingerprint density at radius 3 is 2.38 bits per heavy atom. The van der Waals surface area contributed by atoms with E-state index in [1.807, 2.05) is 13.8 Å². The van der Waals surface area contributed by atoms with Crippen molar-refractivity contribution in [2.45, 2.75) is 20.8 Å². The minimum Gasteiger partial charge on any atom is -0.459 e. The highest BCUT2D eigenvalue weighted by Gasteiger charge is 2.18. The van der Waals surface area contributed by atoms with Crippen LogP contribution in [0.4, 0.5) is 0 Å². The van der Waals surface area contributed by atoms with E-state index in [1.54, 1.807) is 14.0 Å². The first kappa shape index (κ1) is 14.9. The fourth-order valence-corrected chi connectivity index (χ4v) is 1.19. The fourth-order valence-electron chi connectivity index (χ4n) is 1.19. The molecule has 1 atom stereocenters. The van der Waals surface area contributed by atoms with Gasteiger partial charge < -0.3 is 14.8 Å². The molecule has 0 aliphatic heterocycles. The molecule has 0 bridgehead atoms. The maximum atomic E-state index is 11.2. The molecular weight excluding hydrogens is 210 g/mol. The molecule has 0 aromatic carbocycles. The van der Waals surface area contributed by atoms with Crippen LogP contribution in [0.1, 0.15) is 20.8 Å². The van der Waals surface area contributed by atoms with E-state index in [2.05, 4.69) is 10.1 Å². The van der Waals surface area contributed by atoms with Gasteiger partial charge in [0.2, 0.25) is 0 Å². The third-order valence-corrected chi connectivity index (χ3v) is 2.31. The molecule has 0 spiro atoms. The number of nitrogens with one attached hydrogen (secondary N) is 1. The van der Waals surface area contributed by atoms with Gasteiger partial charge in [-0.1, -0.05) is 13.8 Å². The number of carbonyl (C=O) groups is 2. The van der Waals surface area contributed by atoms with Gasteiger partial charge in [0.25, 0.3) is 0 Å². The molecular formula is C11H21NO4. The molecule has 5 heteroatoms. The highest BCUT2D eigenvalue weighted by Crippen LogP contribution is 2.09. The van der Waals surface area contributed by atoms with Crippen molar-refractivity contribution in [1.82, 2.24) is 5.32 Å². The van der Waals surface area contributed by atoms with Crippen molar-refractivity contribution in [2.75, 3.05) is 26.9 Å². The van der Waals surface area contributed by atoms with Gasteiger partial charge in [-0.15, -0.1) is 0 Å². The topological polar surface area (TPSA) is 64.6 Å². The van der Waals surface area contributed by atoms with E-state index >= 15 is 0 Å². The maximum Gasteiger partial charge on any atom is 0.396 e. The number of carbonyl (C=O) groups excluding carboxylic acids is 2. The van der Waals surface area contributed by atoms with Gasteiger partial charge in [0.15, 0.2) is 0 Å². The molecule has 0 fully saturated rings. The standard InChI is InChI=1S/C11H21NO4/c1-5-16-11(14)10(13)12-6-9(7-15-4)8(2)3/h8-9H,5-7H2,1-4H3,(H,12,13). The summed E-state index contributed by atoms with van der Waals surface area (Å²) in [6, 6.07) is 0. The van der Waals surface area contributed by atoms with Crippen LogP contribution >= 0.6 is 0 Å². The smallest absolute Gasteiger partial charge is 0.396 e. The molecule has 94 valence electrons. The fraction of sp³-hybridized carbons (Fsp3) is 0.818. The summed E-state index contributed by atoms with van der Waals surface area (Å²) in [5.41, 5.74) is 0. The molecule has 1 N–H and O–H groups in total. The first-order valence-electron chi connectivity index (χ1n) is 5.46. The number of rotatable bonds is 6. The third-order valence-electron chi connectivity index (χ3n) is 2.31. The Balaban J connectivity index is 4.00. The predicted octanol–water partition coefficient (Wildman–Crippen LogP) is 0.584. The van der Waals surface area contributed by atoms with Gasteiger partial charge >= 0.3 is 11.9 Å². The van der Waals surface area contributed by atoms with Crippen LogP contribution in [0.3, 0.4) is 0 Å². The highest BCUT2D eigenvalue weighted by atomic mass is 16.5. The summed E-state index contributed by atoms with van der Waals surface area (Å²) in [5.74, 6) is -0.947. The van der Waals surface area contributed by atoms with Crippen LogP contribution in [-0.4, -0.2) is 38.7 Å². The number of ether oxygens (including phenoxy) is 2. The summed E-state index contributed by atoms with van der Waals surface area (Å²) in [5, 5.41) is 2.54. The number of amides is 1. The van der Waals surface area contributed by atoms with Gasteiger partial charge in [0.05, 0.1) is 13.2 Å². The van der Waals surface area contributed by atoms with E-state index in [9.17, 15) is 9.59 Å². The summed E-state index contributed by atoms with van der Waals surface area (Å²) < 4.78 is 9.61. The first-order valence-corrected chi connectivity index (χ1v) is 5.46. The Bertz CT molecular complexity index is 228. The number of hydrogen-bond donors (Lipinski definition) is 1. The van der Waals surface area contributed by atoms with Crippen LogP contribution in [-0.2, 0) is 19.1 Å². The molecule has 0 rings (SSSR count). The monoisotopic (exact) mass is 231 g/mol. The van der Waals surface area contributed by atoms with Crippen molar-refractivity contribution in [3.63, 3.8) is 0 Å². The summed E-state index contributed by atoms with van der Waals surface area (Å²) >= 11 is 0. The van der Waals surface area contributed by atoms with Crippen molar-refractivity contribution in [1.29, 1.82) is 0 Å². The second kappa shape index (κ2) is 8.10. The van der Waals surface area contributed by atoms with E-state index < -0.39 is 11.9 Å². The lowest BCUT2D eigenvalue weighted by Gasteiger charge is -2.19. The molecule has 0 aliphatic rings. The molecule has 5 nitrogen and oxygen atoms in total. The Morgan fingerprint density at radius 1 is 1.31 bits per heavy atom. The van der Waals surface area contributed by atoms with Crippen molar-refractivity contribution in [2.24, 2.45) is 11.8 Å². The Labute approximate surface area is 96.5 Å². The molecule has 0 heterocycles. The first-order chi connectivity index (χ1) is 7.52. The SMILES string of the molecule is CCOC(=O)C(=O)NCC(COC)C(C)C. The van der Waals surface area contributed by atoms with Gasteiger partial charge in [0, 0.05) is 19.6 Å². The molecule has 0 aliphatic carbocycles. The normalized spacial score (nSPS) is 12.3. The second-order valence-electron chi connectivity index (χ2n) is 3.89. The number of methoxy groups -OCH3 is 1. The second-order valence-corrected chi connectivity index (χ2v) is 3.89. The zero-order chi connectivity index (χ0) is 12.6. The summed E-state index contributed by atoms with van der Waals surface area (Å²) in [6.45, 7) is 6.93. The van der Waals surface area contributed by atoms with Crippen LogP contribution < -0.4 is 5.32 Å². The molecule has 0 saturated carbocycles. The lowest BCUT2D eigenvalue weighted by molar-refractivity contribution is -0.154. The molecule has 1 amide bonds. The van der Waals surface area contributed by atoms with Crippen molar-refractivity contribution in [3.8, 4) is 0 Å². The Kier molecular flexibility index (Phi) is 7.54. The van der Waals surface area contributed by atoms with Gasteiger partial charge in [-0.3, -0.25) is 4.79 Å². The molecule has 16 heavy (non-hydrogen) atoms. The van der Waals surface area contributed by atoms with Gasteiger partial charge in [-0.25, -0.2) is 4.79 Å². The van der Waals surface area contributed by atoms with Crippen LogP contribution in [0.5, 0.6) is 0 Å². The molecule has 0 aromatic heterocycles. The molecule has 0 saturated heterocycles. The van der Waals surface area contributed by atoms with E-state index in [4.69, 9.17) is 4.74 Å². The summed E-state index contributed by atoms with van der Waals surface area (Å²) in [4.78, 5) is 22.3. The lowest BCUT2D eigenvalue weighted by atomic mass is 9.97. The van der Waals surface area contributed by atoms with Crippen LogP contribution in [0, 0.1) is 11.8 Å². The lowest BCUT2D eigenvalue weighted by Crippen LogP contribution is -2.38. The zero-order valence-corrected chi connectivity index (χ0v) is 10.4. The van der Waals surface area contributed by atoms with Crippen LogP contribution in [0.25, 0.3) is 0 Å². The number of esters is 1. The predicted molar refractivity (Wildman–Crippen MR) is 59.8 cm³/mol. The summed E-state index contributed by atoms with van der Waals surface area (Å²) in [7, 11) is 1.61. The average molecular weight is 231 g/mol. The van der Waals surface area contributed by atoms with Crippen molar-refractivity contribution < 1.29 is 19.1 Å². The zero-order valence-electron chi connectivity index (χ0n) is 10.4. The molecule has 0 radical (unpaired) electrons. The minimum atomic E-state index is -0.831. The van der Waals surface area contributed by atoms with Crippen LogP contribution in [0.15, 0.2) is 0 Å². The van der Waals surface area contributed by atoms with Gasteiger partial charge in [-0.05, 0) is 12.8 Å². The summed E-state index contributed by atoms with van der Waals surface area (Å²) in [6.07, 6.45) is 0. The quantitative estimate of drug-likeness (QED) is 0.536. The van der Waals surface area contributed by atoms with Crippen molar-refractivity contribution >= 4 is 11.9 Å². The van der Waals surface area contributed by atoms with Gasteiger partial charge in [-0.2, -0.15) is 0 Å². The van der Waals surface area contributed by atoms with Crippen molar-refractivity contribution in [3.05, 3.63) is 0 Å². The highest BCUT2D eigenvalue weighted by molar-refractivity contribution is 6.32. The van der Waals surface area contributed by atoms with E-state index in [0.717, 1.165) is 0 Å². The Morgan fingerprint density at radius 2 is 1.94 bits per heavy atom. The third kappa shape index (κ3) is 5.70.